The average molecular weight is 326 g/mol. The zero-order valence-electron chi connectivity index (χ0n) is 14.5. The lowest BCUT2D eigenvalue weighted by atomic mass is 9.91. The molecule has 0 unspecified atom stereocenters. The normalized spacial score (nSPS) is 11.6. The standard InChI is InChI=1S/C21H23FO2/c1-13(2)18-11-15(12-19(14(3)4)21(18)24)5-10-20(23)16-6-8-17(22)9-7-16/h5-14,24H,1-4H3/b10-5+. The van der Waals surface area contributed by atoms with Crippen LogP contribution in [0.2, 0.25) is 0 Å². The topological polar surface area (TPSA) is 37.3 Å². The molecule has 0 saturated heterocycles. The van der Waals surface area contributed by atoms with Gasteiger partial charge < -0.3 is 5.11 Å². The fraction of sp³-hybridized carbons (Fsp3) is 0.286. The Hall–Kier alpha value is -2.42. The molecule has 2 rings (SSSR count). The Morgan fingerprint density at radius 1 is 1.00 bits per heavy atom. The van der Waals surface area contributed by atoms with Gasteiger partial charge in [-0.05, 0) is 71.0 Å². The van der Waals surface area contributed by atoms with Crippen LogP contribution >= 0.6 is 0 Å². The van der Waals surface area contributed by atoms with Gasteiger partial charge in [0.15, 0.2) is 5.78 Å². The first-order chi connectivity index (χ1) is 11.3. The highest BCUT2D eigenvalue weighted by Gasteiger charge is 2.14. The first-order valence-corrected chi connectivity index (χ1v) is 8.14. The Morgan fingerprint density at radius 3 is 1.96 bits per heavy atom. The first-order valence-electron chi connectivity index (χ1n) is 8.14. The molecule has 0 aliphatic heterocycles. The molecule has 0 aliphatic carbocycles. The number of phenolic OH excluding ortho intramolecular Hbond substituents is 1. The molecule has 0 spiro atoms. The minimum absolute atomic E-state index is 0.180. The molecule has 0 radical (unpaired) electrons. The molecule has 0 amide bonds. The highest BCUT2D eigenvalue weighted by atomic mass is 19.1. The maximum atomic E-state index is 12.9. The van der Waals surface area contributed by atoms with Crippen LogP contribution in [0.3, 0.4) is 0 Å². The third-order valence-electron chi connectivity index (χ3n) is 3.99. The second-order valence-corrected chi connectivity index (χ2v) is 6.56. The summed E-state index contributed by atoms with van der Waals surface area (Å²) in [7, 11) is 0. The summed E-state index contributed by atoms with van der Waals surface area (Å²) in [6.07, 6.45) is 3.22. The van der Waals surface area contributed by atoms with Crippen LogP contribution in [0.15, 0.2) is 42.5 Å². The monoisotopic (exact) mass is 326 g/mol. The summed E-state index contributed by atoms with van der Waals surface area (Å²) in [6, 6.07) is 9.29. The number of rotatable bonds is 5. The fourth-order valence-corrected chi connectivity index (χ4v) is 2.56. The molecule has 1 N–H and O–H groups in total. The molecule has 2 aromatic rings. The van der Waals surface area contributed by atoms with Gasteiger partial charge >= 0.3 is 0 Å². The van der Waals surface area contributed by atoms with E-state index in [-0.39, 0.29) is 23.4 Å². The van der Waals surface area contributed by atoms with E-state index in [1.807, 2.05) is 39.8 Å². The summed E-state index contributed by atoms with van der Waals surface area (Å²) in [6.45, 7) is 8.10. The van der Waals surface area contributed by atoms with E-state index in [2.05, 4.69) is 0 Å². The summed E-state index contributed by atoms with van der Waals surface area (Å²) in [5.74, 6) is 0.159. The van der Waals surface area contributed by atoms with Crippen molar-refractivity contribution in [1.82, 2.24) is 0 Å². The van der Waals surface area contributed by atoms with Gasteiger partial charge in [0.2, 0.25) is 0 Å². The van der Waals surface area contributed by atoms with Gasteiger partial charge in [0.25, 0.3) is 0 Å². The number of phenols is 1. The second kappa shape index (κ2) is 7.43. The third-order valence-corrected chi connectivity index (χ3v) is 3.99. The van der Waals surface area contributed by atoms with Crippen LogP contribution in [0.4, 0.5) is 4.39 Å². The van der Waals surface area contributed by atoms with Crippen LogP contribution < -0.4 is 0 Å². The zero-order valence-corrected chi connectivity index (χ0v) is 14.5. The van der Waals surface area contributed by atoms with Crippen molar-refractivity contribution in [3.8, 4) is 5.75 Å². The molecule has 2 nitrogen and oxygen atoms in total. The van der Waals surface area contributed by atoms with Crippen molar-refractivity contribution in [1.29, 1.82) is 0 Å². The van der Waals surface area contributed by atoms with Crippen molar-refractivity contribution < 1.29 is 14.3 Å². The maximum Gasteiger partial charge on any atom is 0.185 e. The number of hydrogen-bond donors (Lipinski definition) is 1. The molecule has 0 fully saturated rings. The summed E-state index contributed by atoms with van der Waals surface area (Å²) < 4.78 is 12.9. The predicted molar refractivity (Wildman–Crippen MR) is 96.0 cm³/mol. The van der Waals surface area contributed by atoms with E-state index in [1.165, 1.54) is 30.3 Å². The molecular formula is C21H23FO2. The number of benzene rings is 2. The molecule has 3 heteroatoms. The van der Waals surface area contributed by atoms with Crippen molar-refractivity contribution in [2.45, 2.75) is 39.5 Å². The Morgan fingerprint density at radius 2 is 1.50 bits per heavy atom. The van der Waals surface area contributed by atoms with Gasteiger partial charge in [-0.25, -0.2) is 4.39 Å². The van der Waals surface area contributed by atoms with Gasteiger partial charge in [-0.2, -0.15) is 0 Å². The van der Waals surface area contributed by atoms with Crippen molar-refractivity contribution in [3.63, 3.8) is 0 Å². The van der Waals surface area contributed by atoms with E-state index >= 15 is 0 Å². The quantitative estimate of drug-likeness (QED) is 0.567. The van der Waals surface area contributed by atoms with Crippen molar-refractivity contribution in [2.24, 2.45) is 0 Å². The van der Waals surface area contributed by atoms with Gasteiger partial charge in [0.05, 0.1) is 0 Å². The number of carbonyl (C=O) groups is 1. The number of halogens is 1. The lowest BCUT2D eigenvalue weighted by Gasteiger charge is -2.16. The van der Waals surface area contributed by atoms with Crippen LogP contribution in [-0.4, -0.2) is 10.9 Å². The number of carbonyl (C=O) groups excluding carboxylic acids is 1. The van der Waals surface area contributed by atoms with Gasteiger partial charge in [-0.15, -0.1) is 0 Å². The van der Waals surface area contributed by atoms with Crippen LogP contribution in [0.5, 0.6) is 5.75 Å². The number of ketones is 1. The molecule has 24 heavy (non-hydrogen) atoms. The SMILES string of the molecule is CC(C)c1cc(/C=C/C(=O)c2ccc(F)cc2)cc(C(C)C)c1O. The summed E-state index contributed by atoms with van der Waals surface area (Å²) >= 11 is 0. The smallest absolute Gasteiger partial charge is 0.185 e. The highest BCUT2D eigenvalue weighted by molar-refractivity contribution is 6.06. The molecular weight excluding hydrogens is 303 g/mol. The van der Waals surface area contributed by atoms with Crippen molar-refractivity contribution in [3.05, 3.63) is 70.5 Å². The molecule has 126 valence electrons. The highest BCUT2D eigenvalue weighted by Crippen LogP contribution is 2.35. The van der Waals surface area contributed by atoms with Gasteiger partial charge in [0.1, 0.15) is 11.6 Å². The summed E-state index contributed by atoms with van der Waals surface area (Å²) in [4.78, 5) is 12.2. The van der Waals surface area contributed by atoms with Gasteiger partial charge in [0, 0.05) is 5.56 Å². The second-order valence-electron chi connectivity index (χ2n) is 6.56. The Kier molecular flexibility index (Phi) is 5.55. The van der Waals surface area contributed by atoms with E-state index in [4.69, 9.17) is 0 Å². The van der Waals surface area contributed by atoms with Crippen LogP contribution in [-0.2, 0) is 0 Å². The number of aromatic hydroxyl groups is 1. The molecule has 0 aliphatic rings. The fourth-order valence-electron chi connectivity index (χ4n) is 2.56. The zero-order chi connectivity index (χ0) is 17.9. The minimum Gasteiger partial charge on any atom is -0.507 e. The molecule has 0 aromatic heterocycles. The minimum atomic E-state index is -0.364. The Labute approximate surface area is 142 Å². The van der Waals surface area contributed by atoms with E-state index in [0.717, 1.165) is 16.7 Å². The Balaban J connectivity index is 2.34. The van der Waals surface area contributed by atoms with E-state index < -0.39 is 0 Å². The van der Waals surface area contributed by atoms with E-state index in [0.29, 0.717) is 11.3 Å². The third kappa shape index (κ3) is 4.10. The first kappa shape index (κ1) is 17.9. The summed E-state index contributed by atoms with van der Waals surface area (Å²) in [5.41, 5.74) is 3.06. The van der Waals surface area contributed by atoms with Crippen molar-refractivity contribution in [2.75, 3.05) is 0 Å². The largest absolute Gasteiger partial charge is 0.507 e. The number of hydrogen-bond acceptors (Lipinski definition) is 2. The lowest BCUT2D eigenvalue weighted by molar-refractivity contribution is 0.104. The van der Waals surface area contributed by atoms with Gasteiger partial charge in [-0.3, -0.25) is 4.79 Å². The van der Waals surface area contributed by atoms with Crippen LogP contribution in [0.25, 0.3) is 6.08 Å². The van der Waals surface area contributed by atoms with Crippen LogP contribution in [0.1, 0.15) is 66.6 Å². The summed E-state index contributed by atoms with van der Waals surface area (Å²) in [5, 5.41) is 10.4. The Bertz CT molecular complexity index is 727. The average Bonchev–Trinajstić information content (AvgIpc) is 2.53. The molecule has 0 saturated carbocycles. The predicted octanol–water partition coefficient (Wildman–Crippen LogP) is 5.67. The molecule has 0 heterocycles. The number of allylic oxidation sites excluding steroid dienone is 1. The van der Waals surface area contributed by atoms with Crippen molar-refractivity contribution >= 4 is 11.9 Å². The maximum absolute atomic E-state index is 12.9. The van der Waals surface area contributed by atoms with E-state index in [1.54, 1.807) is 6.08 Å². The lowest BCUT2D eigenvalue weighted by Crippen LogP contribution is -1.97. The van der Waals surface area contributed by atoms with Gasteiger partial charge in [-0.1, -0.05) is 33.8 Å². The van der Waals surface area contributed by atoms with E-state index in [9.17, 15) is 14.3 Å². The molecule has 0 atom stereocenters. The molecule has 0 bridgehead atoms. The van der Waals surface area contributed by atoms with Crippen LogP contribution in [0, 0.1) is 5.82 Å². The molecule has 2 aromatic carbocycles.